The molecular formula is C15H12F2O3. The van der Waals surface area contributed by atoms with E-state index < -0.39 is 11.6 Å². The van der Waals surface area contributed by atoms with Gasteiger partial charge in [-0.25, -0.2) is 8.78 Å². The lowest BCUT2D eigenvalue weighted by molar-refractivity contribution is 0.112. The first-order chi connectivity index (χ1) is 9.58. The molecule has 104 valence electrons. The minimum absolute atomic E-state index is 0.265. The fourth-order valence-corrected chi connectivity index (χ4v) is 1.98. The molecule has 0 aliphatic heterocycles. The molecular weight excluding hydrogens is 266 g/mol. The average Bonchev–Trinajstić information content (AvgIpc) is 2.44. The predicted octanol–water partition coefficient (Wildman–Crippen LogP) is 3.46. The van der Waals surface area contributed by atoms with Crippen LogP contribution in [0.1, 0.15) is 10.4 Å². The van der Waals surface area contributed by atoms with Crippen molar-refractivity contribution in [2.24, 2.45) is 0 Å². The molecule has 0 N–H and O–H groups in total. The number of hydrogen-bond acceptors (Lipinski definition) is 3. The van der Waals surface area contributed by atoms with Gasteiger partial charge in [0.1, 0.15) is 17.9 Å². The highest BCUT2D eigenvalue weighted by Gasteiger charge is 2.15. The van der Waals surface area contributed by atoms with E-state index in [1.807, 2.05) is 0 Å². The monoisotopic (exact) mass is 278 g/mol. The highest BCUT2D eigenvalue weighted by molar-refractivity contribution is 5.84. The van der Waals surface area contributed by atoms with E-state index in [9.17, 15) is 13.6 Å². The Morgan fingerprint density at radius 1 is 0.950 bits per heavy atom. The van der Waals surface area contributed by atoms with Gasteiger partial charge < -0.3 is 9.47 Å². The van der Waals surface area contributed by atoms with E-state index in [-0.39, 0.29) is 5.56 Å². The van der Waals surface area contributed by atoms with Gasteiger partial charge in [-0.15, -0.1) is 0 Å². The number of carbonyl (C=O) groups is 1. The third kappa shape index (κ3) is 2.61. The standard InChI is InChI=1S/C15H12F2O3/c1-19-14-4-9(8-18)3-13(15(14)20-2)10-5-11(16)7-12(17)6-10/h3-8H,1-2H3. The van der Waals surface area contributed by atoms with Crippen molar-refractivity contribution in [3.8, 4) is 22.6 Å². The summed E-state index contributed by atoms with van der Waals surface area (Å²) >= 11 is 0. The maximum Gasteiger partial charge on any atom is 0.168 e. The molecule has 2 aromatic carbocycles. The molecule has 2 rings (SSSR count). The summed E-state index contributed by atoms with van der Waals surface area (Å²) in [7, 11) is 2.83. The van der Waals surface area contributed by atoms with Crippen LogP contribution in [0.15, 0.2) is 30.3 Å². The van der Waals surface area contributed by atoms with Gasteiger partial charge in [0.05, 0.1) is 14.2 Å². The molecule has 0 atom stereocenters. The maximum atomic E-state index is 13.3. The summed E-state index contributed by atoms with van der Waals surface area (Å²) in [4.78, 5) is 10.9. The number of ether oxygens (including phenoxy) is 2. The van der Waals surface area contributed by atoms with E-state index >= 15 is 0 Å². The van der Waals surface area contributed by atoms with Gasteiger partial charge in [-0.2, -0.15) is 0 Å². The lowest BCUT2D eigenvalue weighted by Crippen LogP contribution is -1.96. The van der Waals surface area contributed by atoms with Gasteiger partial charge in [-0.05, 0) is 29.8 Å². The Morgan fingerprint density at radius 3 is 2.10 bits per heavy atom. The van der Waals surface area contributed by atoms with Gasteiger partial charge in [0.25, 0.3) is 0 Å². The Balaban J connectivity index is 2.73. The molecule has 0 saturated carbocycles. The van der Waals surface area contributed by atoms with Crippen molar-refractivity contribution >= 4 is 6.29 Å². The van der Waals surface area contributed by atoms with Gasteiger partial charge in [-0.3, -0.25) is 4.79 Å². The first-order valence-corrected chi connectivity index (χ1v) is 5.76. The molecule has 0 bridgehead atoms. The van der Waals surface area contributed by atoms with E-state index in [0.717, 1.165) is 18.2 Å². The molecule has 5 heteroatoms. The van der Waals surface area contributed by atoms with Crippen LogP contribution in [-0.4, -0.2) is 20.5 Å². The number of halogens is 2. The normalized spacial score (nSPS) is 10.2. The molecule has 2 aromatic rings. The van der Waals surface area contributed by atoms with Crippen molar-refractivity contribution in [3.63, 3.8) is 0 Å². The van der Waals surface area contributed by atoms with Crippen LogP contribution >= 0.6 is 0 Å². The summed E-state index contributed by atoms with van der Waals surface area (Å²) in [5.41, 5.74) is 0.969. The lowest BCUT2D eigenvalue weighted by Gasteiger charge is -2.14. The van der Waals surface area contributed by atoms with Crippen molar-refractivity contribution in [1.29, 1.82) is 0 Å². The van der Waals surface area contributed by atoms with E-state index in [2.05, 4.69) is 0 Å². The van der Waals surface area contributed by atoms with Crippen molar-refractivity contribution in [3.05, 3.63) is 47.5 Å². The topological polar surface area (TPSA) is 35.5 Å². The lowest BCUT2D eigenvalue weighted by atomic mass is 10.0. The quantitative estimate of drug-likeness (QED) is 0.803. The zero-order valence-electron chi connectivity index (χ0n) is 10.9. The van der Waals surface area contributed by atoms with Crippen LogP contribution in [0.4, 0.5) is 8.78 Å². The molecule has 0 aromatic heterocycles. The van der Waals surface area contributed by atoms with Crippen LogP contribution in [-0.2, 0) is 0 Å². The third-order valence-corrected chi connectivity index (χ3v) is 2.81. The van der Waals surface area contributed by atoms with Crippen molar-refractivity contribution in [2.75, 3.05) is 14.2 Å². The Bertz CT molecular complexity index is 634. The molecule has 0 amide bonds. The smallest absolute Gasteiger partial charge is 0.168 e. The highest BCUT2D eigenvalue weighted by Crippen LogP contribution is 2.39. The number of aldehydes is 1. The Hall–Kier alpha value is -2.43. The second kappa shape index (κ2) is 5.69. The minimum Gasteiger partial charge on any atom is -0.493 e. The molecule has 0 fully saturated rings. The molecule has 0 unspecified atom stereocenters. The Kier molecular flexibility index (Phi) is 3.98. The molecule has 20 heavy (non-hydrogen) atoms. The Morgan fingerprint density at radius 2 is 1.60 bits per heavy atom. The van der Waals surface area contributed by atoms with E-state index in [1.54, 1.807) is 0 Å². The van der Waals surface area contributed by atoms with Gasteiger partial charge >= 0.3 is 0 Å². The van der Waals surface area contributed by atoms with Crippen LogP contribution in [0.5, 0.6) is 11.5 Å². The minimum atomic E-state index is -0.711. The largest absolute Gasteiger partial charge is 0.493 e. The van der Waals surface area contributed by atoms with Crippen LogP contribution in [0.3, 0.4) is 0 Å². The van der Waals surface area contributed by atoms with Crippen LogP contribution in [0.25, 0.3) is 11.1 Å². The van der Waals surface area contributed by atoms with E-state index in [4.69, 9.17) is 9.47 Å². The SMILES string of the molecule is COc1cc(C=O)cc(-c2cc(F)cc(F)c2)c1OC. The molecule has 0 aliphatic carbocycles. The van der Waals surface area contributed by atoms with Crippen LogP contribution in [0, 0.1) is 11.6 Å². The zero-order chi connectivity index (χ0) is 14.7. The number of rotatable bonds is 4. The van der Waals surface area contributed by atoms with Gasteiger partial charge in [0, 0.05) is 17.2 Å². The summed E-state index contributed by atoms with van der Waals surface area (Å²) in [6.07, 6.45) is 0.626. The fraction of sp³-hybridized carbons (Fsp3) is 0.133. The average molecular weight is 278 g/mol. The van der Waals surface area contributed by atoms with Crippen LogP contribution in [0.2, 0.25) is 0 Å². The Labute approximate surface area is 114 Å². The summed E-state index contributed by atoms with van der Waals surface area (Å²) in [5, 5.41) is 0. The maximum absolute atomic E-state index is 13.3. The first-order valence-electron chi connectivity index (χ1n) is 5.76. The van der Waals surface area contributed by atoms with E-state index in [1.165, 1.54) is 26.4 Å². The molecule has 0 spiro atoms. The summed E-state index contributed by atoms with van der Waals surface area (Å²) in [5.74, 6) is -0.796. The fourth-order valence-electron chi connectivity index (χ4n) is 1.98. The number of benzene rings is 2. The molecule has 0 radical (unpaired) electrons. The number of methoxy groups -OCH3 is 2. The van der Waals surface area contributed by atoms with E-state index in [0.29, 0.717) is 28.9 Å². The number of hydrogen-bond donors (Lipinski definition) is 0. The van der Waals surface area contributed by atoms with Crippen molar-refractivity contribution in [1.82, 2.24) is 0 Å². The zero-order valence-corrected chi connectivity index (χ0v) is 10.9. The summed E-state index contributed by atoms with van der Waals surface area (Å²) in [6.45, 7) is 0. The van der Waals surface area contributed by atoms with Crippen molar-refractivity contribution in [2.45, 2.75) is 0 Å². The molecule has 0 aliphatic rings. The first kappa shape index (κ1) is 14.0. The molecule has 0 heterocycles. The summed E-state index contributed by atoms with van der Waals surface area (Å²) in [6, 6.07) is 6.08. The molecule has 0 saturated heterocycles. The molecule has 3 nitrogen and oxygen atoms in total. The number of carbonyl (C=O) groups excluding carboxylic acids is 1. The van der Waals surface area contributed by atoms with Crippen LogP contribution < -0.4 is 9.47 Å². The van der Waals surface area contributed by atoms with Gasteiger partial charge in [0.15, 0.2) is 11.5 Å². The van der Waals surface area contributed by atoms with Crippen molar-refractivity contribution < 1.29 is 23.0 Å². The second-order valence-corrected chi connectivity index (χ2v) is 4.08. The summed E-state index contributed by atoms with van der Waals surface area (Å²) < 4.78 is 37.0. The second-order valence-electron chi connectivity index (χ2n) is 4.08. The van der Waals surface area contributed by atoms with Gasteiger partial charge in [0.2, 0.25) is 0 Å². The van der Waals surface area contributed by atoms with Gasteiger partial charge in [-0.1, -0.05) is 0 Å². The predicted molar refractivity (Wildman–Crippen MR) is 70.3 cm³/mol. The third-order valence-electron chi connectivity index (χ3n) is 2.81. The highest BCUT2D eigenvalue weighted by atomic mass is 19.1.